The maximum Gasteiger partial charge on any atom is 0.274 e. The number of halogens is 3. The molecule has 11 heteroatoms. The molecule has 0 aliphatic carbocycles. The molecule has 0 aliphatic rings. The van der Waals surface area contributed by atoms with Crippen LogP contribution in [0.3, 0.4) is 0 Å². The molecule has 3 rings (SSSR count). The number of carbonyl (C=O) groups is 1. The summed E-state index contributed by atoms with van der Waals surface area (Å²) in [5, 5.41) is 18.1. The Morgan fingerprint density at radius 3 is 2.67 bits per heavy atom. The van der Waals surface area contributed by atoms with E-state index in [0.29, 0.717) is 15.2 Å². The zero-order valence-electron chi connectivity index (χ0n) is 13.6. The van der Waals surface area contributed by atoms with E-state index >= 15 is 0 Å². The van der Waals surface area contributed by atoms with Crippen molar-refractivity contribution in [1.82, 2.24) is 14.8 Å². The zero-order valence-corrected chi connectivity index (χ0v) is 16.7. The van der Waals surface area contributed by atoms with Gasteiger partial charge in [-0.25, -0.2) is 9.67 Å². The molecule has 8 nitrogen and oxygen atoms in total. The smallest absolute Gasteiger partial charge is 0.274 e. The molecule has 1 aromatic carbocycles. The number of anilines is 1. The quantitative estimate of drug-likeness (QED) is 0.435. The van der Waals surface area contributed by atoms with Crippen molar-refractivity contribution in [1.29, 1.82) is 0 Å². The second-order valence-corrected chi connectivity index (χ2v) is 7.03. The Bertz CT molecular complexity index is 1050. The van der Waals surface area contributed by atoms with E-state index in [9.17, 15) is 14.9 Å². The highest BCUT2D eigenvalue weighted by atomic mass is 79.9. The molecule has 27 heavy (non-hydrogen) atoms. The summed E-state index contributed by atoms with van der Waals surface area (Å²) in [7, 11) is 0. The summed E-state index contributed by atoms with van der Waals surface area (Å²) in [5.74, 6) is -0.254. The SMILES string of the molecule is Cc1cc([N+](=O)[O-])cc(Cl)c1NC(=O)c1cc(Br)nn1-c1ncccc1Cl. The van der Waals surface area contributed by atoms with Gasteiger partial charge in [-0.15, -0.1) is 0 Å². The van der Waals surface area contributed by atoms with Crippen LogP contribution >= 0.6 is 39.1 Å². The summed E-state index contributed by atoms with van der Waals surface area (Å²) in [6.07, 6.45) is 1.52. The Morgan fingerprint density at radius 2 is 2.04 bits per heavy atom. The molecule has 0 fully saturated rings. The van der Waals surface area contributed by atoms with Gasteiger partial charge in [0.25, 0.3) is 11.6 Å². The Morgan fingerprint density at radius 1 is 1.30 bits per heavy atom. The molecule has 2 aromatic heterocycles. The first-order valence-corrected chi connectivity index (χ1v) is 8.95. The number of non-ortho nitro benzene ring substituents is 1. The molecule has 0 atom stereocenters. The maximum absolute atomic E-state index is 12.8. The summed E-state index contributed by atoms with van der Waals surface area (Å²) in [5.41, 5.74) is 0.701. The van der Waals surface area contributed by atoms with E-state index in [1.165, 1.54) is 29.1 Å². The van der Waals surface area contributed by atoms with Crippen molar-refractivity contribution in [3.05, 3.63) is 72.5 Å². The van der Waals surface area contributed by atoms with Crippen LogP contribution in [0.2, 0.25) is 10.0 Å². The third kappa shape index (κ3) is 3.95. The van der Waals surface area contributed by atoms with Crippen LogP contribution in [-0.4, -0.2) is 25.6 Å². The van der Waals surface area contributed by atoms with Gasteiger partial charge in [0.15, 0.2) is 5.82 Å². The number of aryl methyl sites for hydroxylation is 1. The highest BCUT2D eigenvalue weighted by molar-refractivity contribution is 9.10. The molecule has 0 radical (unpaired) electrons. The monoisotopic (exact) mass is 469 g/mol. The van der Waals surface area contributed by atoms with Crippen molar-refractivity contribution in [2.45, 2.75) is 6.92 Å². The minimum absolute atomic E-state index is 0.0519. The predicted octanol–water partition coefficient (Wildman–Crippen LogP) is 4.81. The van der Waals surface area contributed by atoms with Gasteiger partial charge < -0.3 is 5.32 Å². The molecule has 0 bridgehead atoms. The van der Waals surface area contributed by atoms with Crippen LogP contribution in [0.1, 0.15) is 16.1 Å². The fraction of sp³-hybridized carbons (Fsp3) is 0.0625. The van der Waals surface area contributed by atoms with E-state index < -0.39 is 10.8 Å². The van der Waals surface area contributed by atoms with Gasteiger partial charge >= 0.3 is 0 Å². The lowest BCUT2D eigenvalue weighted by Gasteiger charge is -2.12. The number of benzene rings is 1. The number of amides is 1. The molecular weight excluding hydrogens is 461 g/mol. The molecule has 2 heterocycles. The van der Waals surface area contributed by atoms with E-state index in [-0.39, 0.29) is 27.9 Å². The number of rotatable bonds is 4. The summed E-state index contributed by atoms with van der Waals surface area (Å²) in [6.45, 7) is 1.61. The van der Waals surface area contributed by atoms with Crippen molar-refractivity contribution in [3.8, 4) is 5.82 Å². The summed E-state index contributed by atoms with van der Waals surface area (Å²) < 4.78 is 1.69. The molecule has 3 aromatic rings. The van der Waals surface area contributed by atoms with Crippen molar-refractivity contribution < 1.29 is 9.72 Å². The molecule has 0 saturated carbocycles. The third-order valence-electron chi connectivity index (χ3n) is 3.57. The van der Waals surface area contributed by atoms with Gasteiger partial charge in [0.05, 0.1) is 20.7 Å². The second kappa shape index (κ2) is 7.63. The topological polar surface area (TPSA) is 103 Å². The van der Waals surface area contributed by atoms with Crippen molar-refractivity contribution in [2.24, 2.45) is 0 Å². The number of hydrogen-bond donors (Lipinski definition) is 1. The predicted molar refractivity (Wildman–Crippen MR) is 105 cm³/mol. The first-order valence-electron chi connectivity index (χ1n) is 7.40. The van der Waals surface area contributed by atoms with Crippen LogP contribution in [-0.2, 0) is 0 Å². The Balaban J connectivity index is 1.99. The van der Waals surface area contributed by atoms with Crippen LogP contribution in [0.15, 0.2) is 41.1 Å². The van der Waals surface area contributed by atoms with Crippen LogP contribution < -0.4 is 5.32 Å². The zero-order chi connectivity index (χ0) is 19.7. The number of nitrogens with one attached hydrogen (secondary N) is 1. The van der Waals surface area contributed by atoms with Gasteiger partial charge in [-0.3, -0.25) is 14.9 Å². The normalized spacial score (nSPS) is 10.7. The molecule has 1 amide bonds. The minimum atomic E-state index is -0.556. The number of nitro groups is 1. The lowest BCUT2D eigenvalue weighted by Crippen LogP contribution is -2.18. The standard InChI is InChI=1S/C16H10BrCl2N5O3/c1-8-5-9(24(26)27)6-11(19)14(8)21-16(25)12-7-13(17)22-23(12)15-10(18)3-2-4-20-15/h2-7H,1H3,(H,21,25). The van der Waals surface area contributed by atoms with E-state index in [4.69, 9.17) is 23.2 Å². The van der Waals surface area contributed by atoms with Gasteiger partial charge in [0.1, 0.15) is 10.3 Å². The van der Waals surface area contributed by atoms with Gasteiger partial charge in [0, 0.05) is 24.4 Å². The third-order valence-corrected chi connectivity index (χ3v) is 4.55. The average molecular weight is 471 g/mol. The number of nitro benzene ring substituents is 1. The number of pyridine rings is 1. The first kappa shape index (κ1) is 19.3. The fourth-order valence-electron chi connectivity index (χ4n) is 2.38. The minimum Gasteiger partial charge on any atom is -0.319 e. The molecule has 0 unspecified atom stereocenters. The first-order chi connectivity index (χ1) is 12.8. The molecule has 1 N–H and O–H groups in total. The fourth-order valence-corrected chi connectivity index (χ4v) is 3.26. The highest BCUT2D eigenvalue weighted by Crippen LogP contribution is 2.31. The van der Waals surface area contributed by atoms with E-state index in [1.54, 1.807) is 19.1 Å². The lowest BCUT2D eigenvalue weighted by molar-refractivity contribution is -0.384. The van der Waals surface area contributed by atoms with Gasteiger partial charge in [-0.05, 0) is 40.5 Å². The molecular formula is C16H10BrCl2N5O3. The molecule has 0 saturated heterocycles. The van der Waals surface area contributed by atoms with E-state index in [0.717, 1.165) is 0 Å². The number of carbonyl (C=O) groups excluding carboxylic acids is 1. The summed E-state index contributed by atoms with van der Waals surface area (Å²) >= 11 is 15.5. The Labute approximate surface area is 171 Å². The van der Waals surface area contributed by atoms with Crippen LogP contribution in [0.5, 0.6) is 0 Å². The summed E-state index contributed by atoms with van der Waals surface area (Å²) in [6, 6.07) is 7.27. The van der Waals surface area contributed by atoms with E-state index in [1.807, 2.05) is 0 Å². The van der Waals surface area contributed by atoms with Crippen molar-refractivity contribution in [2.75, 3.05) is 5.32 Å². The van der Waals surface area contributed by atoms with Crippen LogP contribution in [0.25, 0.3) is 5.82 Å². The van der Waals surface area contributed by atoms with Crippen molar-refractivity contribution in [3.63, 3.8) is 0 Å². The van der Waals surface area contributed by atoms with Crippen LogP contribution in [0.4, 0.5) is 11.4 Å². The van der Waals surface area contributed by atoms with E-state index in [2.05, 4.69) is 31.3 Å². The highest BCUT2D eigenvalue weighted by Gasteiger charge is 2.21. The molecule has 0 spiro atoms. The van der Waals surface area contributed by atoms with Gasteiger partial charge in [-0.2, -0.15) is 5.10 Å². The Kier molecular flexibility index (Phi) is 5.45. The second-order valence-electron chi connectivity index (χ2n) is 5.40. The summed E-state index contributed by atoms with van der Waals surface area (Å²) in [4.78, 5) is 27.3. The van der Waals surface area contributed by atoms with Crippen molar-refractivity contribution >= 4 is 56.4 Å². The molecule has 0 aliphatic heterocycles. The van der Waals surface area contributed by atoms with Crippen LogP contribution in [0, 0.1) is 17.0 Å². The number of hydrogen-bond acceptors (Lipinski definition) is 5. The average Bonchev–Trinajstić information content (AvgIpc) is 2.99. The maximum atomic E-state index is 12.8. The largest absolute Gasteiger partial charge is 0.319 e. The number of nitrogens with zero attached hydrogens (tertiary/aromatic N) is 4. The lowest BCUT2D eigenvalue weighted by atomic mass is 10.1. The molecule has 138 valence electrons. The van der Waals surface area contributed by atoms with Gasteiger partial charge in [0.2, 0.25) is 0 Å². The van der Waals surface area contributed by atoms with Gasteiger partial charge in [-0.1, -0.05) is 23.2 Å². The Hall–Kier alpha value is -2.49. The number of aromatic nitrogens is 3.